The van der Waals surface area contributed by atoms with Crippen molar-refractivity contribution in [3.05, 3.63) is 53.3 Å². The summed E-state index contributed by atoms with van der Waals surface area (Å²) in [4.78, 5) is 15.7. The number of pyridine rings is 1. The summed E-state index contributed by atoms with van der Waals surface area (Å²) in [6.45, 7) is 1.04. The molecule has 0 bridgehead atoms. The molecule has 1 amide bonds. The molecule has 0 aliphatic rings. The number of anilines is 1. The van der Waals surface area contributed by atoms with Crippen LogP contribution < -0.4 is 15.4 Å². The van der Waals surface area contributed by atoms with Crippen molar-refractivity contribution in [1.29, 1.82) is 0 Å². The van der Waals surface area contributed by atoms with Gasteiger partial charge in [-0.15, -0.1) is 0 Å². The lowest BCUT2D eigenvalue weighted by atomic mass is 10.2. The highest BCUT2D eigenvalue weighted by Crippen LogP contribution is 2.27. The minimum atomic E-state index is -0.0103. The third-order valence-electron chi connectivity index (χ3n) is 3.07. The zero-order valence-corrected chi connectivity index (χ0v) is 13.1. The molecule has 0 saturated heterocycles. The van der Waals surface area contributed by atoms with Gasteiger partial charge in [-0.2, -0.15) is 0 Å². The topological polar surface area (TPSA) is 63.2 Å². The first-order valence-electron chi connectivity index (χ1n) is 6.92. The molecule has 6 heteroatoms. The smallest absolute Gasteiger partial charge is 0.222 e. The molecule has 0 spiro atoms. The predicted octanol–water partition coefficient (Wildman–Crippen LogP) is 2.86. The van der Waals surface area contributed by atoms with Crippen molar-refractivity contribution >= 4 is 23.2 Å². The fourth-order valence-corrected chi connectivity index (χ4v) is 2.14. The number of carbonyl (C=O) groups excluding carboxylic acids is 1. The number of amides is 1. The number of hydrogen-bond donors (Lipinski definition) is 2. The summed E-state index contributed by atoms with van der Waals surface area (Å²) in [5.74, 6) is 0.617. The van der Waals surface area contributed by atoms with Gasteiger partial charge in [-0.05, 0) is 35.9 Å². The summed E-state index contributed by atoms with van der Waals surface area (Å²) in [5, 5.41) is 6.55. The minimum absolute atomic E-state index is 0.0103. The van der Waals surface area contributed by atoms with Crippen LogP contribution >= 0.6 is 11.6 Å². The maximum atomic E-state index is 11.8. The highest BCUT2D eigenvalue weighted by molar-refractivity contribution is 6.32. The molecular formula is C16H18ClN3O2. The monoisotopic (exact) mass is 319 g/mol. The van der Waals surface area contributed by atoms with Crippen LogP contribution in [0.1, 0.15) is 12.0 Å². The van der Waals surface area contributed by atoms with E-state index in [0.717, 1.165) is 11.3 Å². The molecule has 0 atom stereocenters. The first-order valence-corrected chi connectivity index (χ1v) is 7.30. The largest absolute Gasteiger partial charge is 0.495 e. The molecule has 2 aromatic rings. The van der Waals surface area contributed by atoms with Crippen molar-refractivity contribution < 1.29 is 9.53 Å². The summed E-state index contributed by atoms with van der Waals surface area (Å²) in [6.07, 6.45) is 3.79. The van der Waals surface area contributed by atoms with Crippen molar-refractivity contribution in [1.82, 2.24) is 10.3 Å². The molecular weight excluding hydrogens is 302 g/mol. The van der Waals surface area contributed by atoms with E-state index in [4.69, 9.17) is 16.3 Å². The third kappa shape index (κ3) is 4.93. The molecule has 0 unspecified atom stereocenters. The van der Waals surface area contributed by atoms with E-state index in [1.165, 1.54) is 0 Å². The van der Waals surface area contributed by atoms with Crippen molar-refractivity contribution in [2.45, 2.75) is 13.0 Å². The quantitative estimate of drug-likeness (QED) is 0.823. The van der Waals surface area contributed by atoms with E-state index in [0.29, 0.717) is 30.3 Å². The Balaban J connectivity index is 1.72. The van der Waals surface area contributed by atoms with Crippen molar-refractivity contribution in [3.8, 4) is 5.75 Å². The Kier molecular flexibility index (Phi) is 6.03. The molecule has 0 saturated carbocycles. The fourth-order valence-electron chi connectivity index (χ4n) is 1.89. The van der Waals surface area contributed by atoms with Gasteiger partial charge in [-0.1, -0.05) is 11.6 Å². The van der Waals surface area contributed by atoms with Gasteiger partial charge in [0.05, 0.1) is 12.1 Å². The van der Waals surface area contributed by atoms with Crippen LogP contribution in [-0.2, 0) is 11.3 Å². The van der Waals surface area contributed by atoms with E-state index in [1.807, 2.05) is 18.2 Å². The van der Waals surface area contributed by atoms with Crippen LogP contribution in [0.15, 0.2) is 42.7 Å². The summed E-state index contributed by atoms with van der Waals surface area (Å²) >= 11 is 6.04. The SMILES string of the molecule is COc1ccc(NCCC(=O)NCc2ccncc2)cc1Cl. The van der Waals surface area contributed by atoms with Crippen LogP contribution in [0.2, 0.25) is 5.02 Å². The lowest BCUT2D eigenvalue weighted by Gasteiger charge is -2.09. The molecule has 0 aliphatic carbocycles. The van der Waals surface area contributed by atoms with E-state index in [9.17, 15) is 4.79 Å². The molecule has 1 heterocycles. The maximum absolute atomic E-state index is 11.8. The van der Waals surface area contributed by atoms with Gasteiger partial charge in [-0.25, -0.2) is 0 Å². The minimum Gasteiger partial charge on any atom is -0.495 e. The molecule has 22 heavy (non-hydrogen) atoms. The predicted molar refractivity (Wildman–Crippen MR) is 87.2 cm³/mol. The Morgan fingerprint density at radius 3 is 2.73 bits per heavy atom. The van der Waals surface area contributed by atoms with Gasteiger partial charge in [-0.3, -0.25) is 9.78 Å². The Morgan fingerprint density at radius 1 is 1.27 bits per heavy atom. The van der Waals surface area contributed by atoms with Crippen LogP contribution in [0.4, 0.5) is 5.69 Å². The number of benzene rings is 1. The second kappa shape index (κ2) is 8.24. The van der Waals surface area contributed by atoms with Gasteiger partial charge in [0, 0.05) is 37.6 Å². The van der Waals surface area contributed by atoms with Crippen molar-refractivity contribution in [2.75, 3.05) is 19.0 Å². The van der Waals surface area contributed by atoms with Crippen molar-refractivity contribution in [3.63, 3.8) is 0 Å². The number of nitrogens with one attached hydrogen (secondary N) is 2. The van der Waals surface area contributed by atoms with Gasteiger partial charge in [0.1, 0.15) is 5.75 Å². The van der Waals surface area contributed by atoms with Gasteiger partial charge in [0.15, 0.2) is 0 Å². The van der Waals surface area contributed by atoms with Crippen LogP contribution in [0, 0.1) is 0 Å². The van der Waals surface area contributed by atoms with E-state index in [-0.39, 0.29) is 5.91 Å². The normalized spacial score (nSPS) is 10.1. The highest BCUT2D eigenvalue weighted by atomic mass is 35.5. The number of nitrogens with zero attached hydrogens (tertiary/aromatic N) is 1. The number of aromatic nitrogens is 1. The number of halogens is 1. The molecule has 0 radical (unpaired) electrons. The zero-order chi connectivity index (χ0) is 15.8. The number of carbonyl (C=O) groups is 1. The first-order chi connectivity index (χ1) is 10.7. The second-order valence-corrected chi connectivity index (χ2v) is 5.07. The summed E-state index contributed by atoms with van der Waals surface area (Å²) in [7, 11) is 1.57. The maximum Gasteiger partial charge on any atom is 0.222 e. The van der Waals surface area contributed by atoms with Crippen LogP contribution in [0.25, 0.3) is 0 Å². The average Bonchev–Trinajstić information content (AvgIpc) is 2.54. The van der Waals surface area contributed by atoms with Gasteiger partial charge in [0.2, 0.25) is 5.91 Å². The second-order valence-electron chi connectivity index (χ2n) is 4.66. The van der Waals surface area contributed by atoms with E-state index < -0.39 is 0 Å². The van der Waals surface area contributed by atoms with Crippen LogP contribution in [-0.4, -0.2) is 24.5 Å². The number of rotatable bonds is 7. The van der Waals surface area contributed by atoms with E-state index in [1.54, 1.807) is 31.6 Å². The van der Waals surface area contributed by atoms with Crippen molar-refractivity contribution in [2.24, 2.45) is 0 Å². The summed E-state index contributed by atoms with van der Waals surface area (Å²) in [6, 6.07) is 9.17. The molecule has 2 rings (SSSR count). The molecule has 2 N–H and O–H groups in total. The van der Waals surface area contributed by atoms with Gasteiger partial charge >= 0.3 is 0 Å². The molecule has 116 valence electrons. The van der Waals surface area contributed by atoms with E-state index >= 15 is 0 Å². The van der Waals surface area contributed by atoms with Gasteiger partial charge < -0.3 is 15.4 Å². The first kappa shape index (κ1) is 16.1. The third-order valence-corrected chi connectivity index (χ3v) is 3.37. The standard InChI is InChI=1S/C16H18ClN3O2/c1-22-15-3-2-13(10-14(15)17)19-9-6-16(21)20-11-12-4-7-18-8-5-12/h2-5,7-8,10,19H,6,9,11H2,1H3,(H,20,21). The molecule has 0 aliphatic heterocycles. The Morgan fingerprint density at radius 2 is 2.05 bits per heavy atom. The summed E-state index contributed by atoms with van der Waals surface area (Å²) in [5.41, 5.74) is 1.88. The summed E-state index contributed by atoms with van der Waals surface area (Å²) < 4.78 is 5.09. The zero-order valence-electron chi connectivity index (χ0n) is 12.3. The Hall–Kier alpha value is -2.27. The molecule has 5 nitrogen and oxygen atoms in total. The molecule has 1 aromatic heterocycles. The average molecular weight is 320 g/mol. The van der Waals surface area contributed by atoms with E-state index in [2.05, 4.69) is 15.6 Å². The molecule has 1 aromatic carbocycles. The number of ether oxygens (including phenoxy) is 1. The highest BCUT2D eigenvalue weighted by Gasteiger charge is 2.03. The fraction of sp³-hybridized carbons (Fsp3) is 0.250. The lowest BCUT2D eigenvalue weighted by molar-refractivity contribution is -0.121. The lowest BCUT2D eigenvalue weighted by Crippen LogP contribution is -2.24. The number of methoxy groups -OCH3 is 1. The van der Waals surface area contributed by atoms with Crippen LogP contribution in [0.5, 0.6) is 5.75 Å². The number of hydrogen-bond acceptors (Lipinski definition) is 4. The Bertz CT molecular complexity index is 620. The van der Waals surface area contributed by atoms with Gasteiger partial charge in [0.25, 0.3) is 0 Å². The van der Waals surface area contributed by atoms with Crippen LogP contribution in [0.3, 0.4) is 0 Å². The molecule has 0 fully saturated rings. The Labute approximate surface area is 134 Å².